The topological polar surface area (TPSA) is 78.9 Å². The van der Waals surface area contributed by atoms with Crippen LogP contribution < -0.4 is 0 Å². The molecule has 374 valence electrons. The van der Waals surface area contributed by atoms with Crippen LogP contribution in [0, 0.1) is 0 Å². The minimum atomic E-state index is -0.828. The Balaban J connectivity index is 4.59. The zero-order valence-electron chi connectivity index (χ0n) is 42.6. The summed E-state index contributed by atoms with van der Waals surface area (Å²) in [6.45, 7) is 6.19. The van der Waals surface area contributed by atoms with Crippen LogP contribution in [0.15, 0.2) is 146 Å². The molecule has 0 aromatic rings. The largest absolute Gasteiger partial charge is 0.462 e. The van der Waals surface area contributed by atoms with Gasteiger partial charge in [0.1, 0.15) is 13.2 Å². The lowest BCUT2D eigenvalue weighted by Gasteiger charge is -2.18. The van der Waals surface area contributed by atoms with Crippen molar-refractivity contribution in [1.82, 2.24) is 0 Å². The maximum atomic E-state index is 12.8. The van der Waals surface area contributed by atoms with E-state index in [1.54, 1.807) is 0 Å². The first-order chi connectivity index (χ1) is 33.0. The first-order valence-electron chi connectivity index (χ1n) is 26.3. The van der Waals surface area contributed by atoms with E-state index in [2.05, 4.69) is 167 Å². The third kappa shape index (κ3) is 52.1. The van der Waals surface area contributed by atoms with Crippen molar-refractivity contribution in [1.29, 1.82) is 0 Å². The first-order valence-corrected chi connectivity index (χ1v) is 26.3. The minimum Gasteiger partial charge on any atom is -0.462 e. The highest BCUT2D eigenvalue weighted by molar-refractivity contribution is 5.71. The molecule has 0 aromatic heterocycles. The van der Waals surface area contributed by atoms with Gasteiger partial charge >= 0.3 is 17.9 Å². The summed E-state index contributed by atoms with van der Waals surface area (Å²) in [4.78, 5) is 38.0. The molecule has 0 aliphatic rings. The van der Waals surface area contributed by atoms with Crippen molar-refractivity contribution < 1.29 is 28.6 Å². The van der Waals surface area contributed by atoms with Crippen molar-refractivity contribution in [2.45, 2.75) is 207 Å². The minimum absolute atomic E-state index is 0.121. The number of ether oxygens (including phenoxy) is 3. The normalized spacial score (nSPS) is 13.3. The van der Waals surface area contributed by atoms with E-state index in [1.165, 1.54) is 0 Å². The monoisotopic (exact) mass is 923 g/mol. The summed E-state index contributed by atoms with van der Waals surface area (Å²) < 4.78 is 16.7. The number of rotatable bonds is 45. The molecule has 6 nitrogen and oxygen atoms in total. The molecule has 67 heavy (non-hydrogen) atoms. The van der Waals surface area contributed by atoms with Crippen LogP contribution >= 0.6 is 0 Å². The molecule has 0 fully saturated rings. The molecule has 0 heterocycles. The zero-order chi connectivity index (χ0) is 48.6. The lowest BCUT2D eigenvalue weighted by atomic mass is 10.1. The van der Waals surface area contributed by atoms with Crippen LogP contribution in [0.1, 0.15) is 201 Å². The number of unbranched alkanes of at least 4 members (excludes halogenated alkanes) is 10. The second-order valence-corrected chi connectivity index (χ2v) is 16.6. The highest BCUT2D eigenvalue weighted by Gasteiger charge is 2.19. The van der Waals surface area contributed by atoms with Crippen molar-refractivity contribution in [3.8, 4) is 0 Å². The molecule has 0 unspecified atom stereocenters. The van der Waals surface area contributed by atoms with Crippen LogP contribution in [0.25, 0.3) is 0 Å². The van der Waals surface area contributed by atoms with E-state index in [4.69, 9.17) is 14.2 Å². The number of hydrogen-bond donors (Lipinski definition) is 0. The fourth-order valence-corrected chi connectivity index (χ4v) is 6.48. The Morgan fingerprint density at radius 3 is 0.896 bits per heavy atom. The van der Waals surface area contributed by atoms with Gasteiger partial charge in [0.15, 0.2) is 6.10 Å². The van der Waals surface area contributed by atoms with Crippen molar-refractivity contribution >= 4 is 17.9 Å². The molecule has 1 atom stereocenters. The van der Waals surface area contributed by atoms with Gasteiger partial charge in [-0.05, 0) is 128 Å². The fourth-order valence-electron chi connectivity index (χ4n) is 6.48. The van der Waals surface area contributed by atoms with Crippen LogP contribution in [0.5, 0.6) is 0 Å². The van der Waals surface area contributed by atoms with Gasteiger partial charge in [0.2, 0.25) is 0 Å². The van der Waals surface area contributed by atoms with Crippen molar-refractivity contribution in [2.75, 3.05) is 13.2 Å². The van der Waals surface area contributed by atoms with E-state index < -0.39 is 6.10 Å². The summed E-state index contributed by atoms with van der Waals surface area (Å²) in [5.41, 5.74) is 0. The van der Waals surface area contributed by atoms with Crippen molar-refractivity contribution in [3.05, 3.63) is 146 Å². The maximum absolute atomic E-state index is 12.8. The van der Waals surface area contributed by atoms with Crippen LogP contribution in [-0.2, 0) is 28.6 Å². The molecule has 6 heteroatoms. The Kier molecular flexibility index (Phi) is 50.1. The van der Waals surface area contributed by atoms with Gasteiger partial charge in [-0.3, -0.25) is 14.4 Å². The van der Waals surface area contributed by atoms with Gasteiger partial charge in [0, 0.05) is 19.3 Å². The standard InChI is InChI=1S/C61H94O6/c1-4-7-10-13-16-19-22-25-28-30-33-36-39-42-45-48-51-54-60(63)66-57-58(56-65-59(62)53-50-47-44-41-38-35-32-27-24-21-18-15-12-9-6-3)67-61(64)55-52-49-46-43-40-37-34-31-29-26-23-20-17-14-11-8-5-2/h7-12,16-21,25-29,32-34,36-37,42,45,58H,4-6,13-15,22-24,30-31,35,38-41,43-44,46-57H2,1-3H3/b10-7-,11-8-,12-9-,19-16-,20-17-,21-18-,28-25-,29-26-,32-27-,36-33-,37-34-,45-42-/t58-/m0/s1. The quantitative estimate of drug-likeness (QED) is 0.0262. The number of carbonyl (C=O) groups is 3. The zero-order valence-corrected chi connectivity index (χ0v) is 42.6. The molecule has 0 saturated heterocycles. The predicted molar refractivity (Wildman–Crippen MR) is 288 cm³/mol. The number of carbonyl (C=O) groups excluding carboxylic acids is 3. The Labute approximate surface area is 410 Å². The summed E-state index contributed by atoms with van der Waals surface area (Å²) >= 11 is 0. The predicted octanol–water partition coefficient (Wildman–Crippen LogP) is 17.6. The highest BCUT2D eigenvalue weighted by atomic mass is 16.6. The van der Waals surface area contributed by atoms with Gasteiger partial charge in [-0.1, -0.05) is 199 Å². The van der Waals surface area contributed by atoms with E-state index in [-0.39, 0.29) is 44.0 Å². The molecular formula is C61H94O6. The molecule has 0 spiro atoms. The Morgan fingerprint density at radius 2 is 0.552 bits per heavy atom. The summed E-state index contributed by atoms with van der Waals surface area (Å²) in [5.74, 6) is -1.03. The SMILES string of the molecule is CC/C=C\C/C=C\C/C=C\C/C=C\C/C=C\CCCC(=O)OC[C@H](COC(=O)CCCCCCC/C=C\C/C=C\C/C=C\CC)OC(=O)CCCCCC/C=C\C/C=C\C/C=C\C/C=C\CC. The molecule has 0 radical (unpaired) electrons. The average molecular weight is 923 g/mol. The summed E-state index contributed by atoms with van der Waals surface area (Å²) in [6, 6.07) is 0. The van der Waals surface area contributed by atoms with Gasteiger partial charge in [-0.15, -0.1) is 0 Å². The van der Waals surface area contributed by atoms with E-state index in [9.17, 15) is 14.4 Å². The third-order valence-electron chi connectivity index (χ3n) is 10.3. The second kappa shape index (κ2) is 53.9. The van der Waals surface area contributed by atoms with Crippen LogP contribution in [-0.4, -0.2) is 37.2 Å². The van der Waals surface area contributed by atoms with E-state index in [0.717, 1.165) is 154 Å². The van der Waals surface area contributed by atoms with Gasteiger partial charge in [0.05, 0.1) is 0 Å². The summed E-state index contributed by atoms with van der Waals surface area (Å²) in [7, 11) is 0. The fraction of sp³-hybridized carbons (Fsp3) is 0.557. The molecule has 0 amide bonds. The number of allylic oxidation sites excluding steroid dienone is 24. The first kappa shape index (κ1) is 62.3. The molecule has 0 aromatic carbocycles. The molecular weight excluding hydrogens is 829 g/mol. The average Bonchev–Trinajstić information content (AvgIpc) is 3.33. The lowest BCUT2D eigenvalue weighted by molar-refractivity contribution is -0.167. The molecule has 0 rings (SSSR count). The number of hydrogen-bond acceptors (Lipinski definition) is 6. The Bertz CT molecular complexity index is 1530. The summed E-state index contributed by atoms with van der Waals surface area (Å²) in [6.07, 6.45) is 76.9. The highest BCUT2D eigenvalue weighted by Crippen LogP contribution is 2.12. The maximum Gasteiger partial charge on any atom is 0.306 e. The van der Waals surface area contributed by atoms with E-state index >= 15 is 0 Å². The van der Waals surface area contributed by atoms with E-state index in [0.29, 0.717) is 12.8 Å². The van der Waals surface area contributed by atoms with E-state index in [1.807, 2.05) is 0 Å². The molecule has 0 aliphatic heterocycles. The third-order valence-corrected chi connectivity index (χ3v) is 10.3. The van der Waals surface area contributed by atoms with Crippen LogP contribution in [0.4, 0.5) is 0 Å². The molecule has 0 saturated carbocycles. The summed E-state index contributed by atoms with van der Waals surface area (Å²) in [5, 5.41) is 0. The van der Waals surface area contributed by atoms with Crippen LogP contribution in [0.2, 0.25) is 0 Å². The van der Waals surface area contributed by atoms with Gasteiger partial charge in [-0.2, -0.15) is 0 Å². The molecule has 0 N–H and O–H groups in total. The van der Waals surface area contributed by atoms with Gasteiger partial charge in [0.25, 0.3) is 0 Å². The second-order valence-electron chi connectivity index (χ2n) is 16.6. The molecule has 0 bridgehead atoms. The lowest BCUT2D eigenvalue weighted by Crippen LogP contribution is -2.30. The van der Waals surface area contributed by atoms with Crippen molar-refractivity contribution in [3.63, 3.8) is 0 Å². The van der Waals surface area contributed by atoms with Crippen molar-refractivity contribution in [2.24, 2.45) is 0 Å². The number of esters is 3. The molecule has 0 aliphatic carbocycles. The van der Waals surface area contributed by atoms with Gasteiger partial charge in [-0.25, -0.2) is 0 Å². The Morgan fingerprint density at radius 1 is 0.299 bits per heavy atom. The van der Waals surface area contributed by atoms with Crippen LogP contribution in [0.3, 0.4) is 0 Å². The van der Waals surface area contributed by atoms with Gasteiger partial charge < -0.3 is 14.2 Å². The Hall–Kier alpha value is -4.71. The smallest absolute Gasteiger partial charge is 0.306 e.